The van der Waals surface area contributed by atoms with E-state index in [0.717, 1.165) is 43.6 Å². The first kappa shape index (κ1) is 32.2. The zero-order valence-corrected chi connectivity index (χ0v) is 26.2. The monoisotopic (exact) mass is 660 g/mol. The van der Waals surface area contributed by atoms with Crippen LogP contribution in [0.1, 0.15) is 67.9 Å². The van der Waals surface area contributed by atoms with Crippen LogP contribution in [0.4, 0.5) is 14.7 Å². The van der Waals surface area contributed by atoms with Crippen molar-refractivity contribution in [3.05, 3.63) is 48.0 Å². The number of alkyl halides is 2. The zero-order chi connectivity index (χ0) is 32.3. The molecule has 3 aliphatic heterocycles. The maximum absolute atomic E-state index is 13.0. The highest BCUT2D eigenvalue weighted by Crippen LogP contribution is 2.32. The summed E-state index contributed by atoms with van der Waals surface area (Å²) < 4.78 is 58.3. The molecule has 6 heterocycles. The Morgan fingerprint density at radius 1 is 1.00 bits per heavy atom. The summed E-state index contributed by atoms with van der Waals surface area (Å²) in [5.41, 5.74) is 2.90. The van der Waals surface area contributed by atoms with Gasteiger partial charge in [0.05, 0.1) is 35.8 Å². The van der Waals surface area contributed by atoms with Crippen LogP contribution in [0.5, 0.6) is 5.75 Å². The second-order valence-corrected chi connectivity index (χ2v) is 14.2. The number of aromatic nitrogens is 4. The molecule has 2 N–H and O–H groups in total. The number of sulfonamides is 1. The third kappa shape index (κ3) is 7.61. The van der Waals surface area contributed by atoms with Gasteiger partial charge in [0, 0.05) is 37.3 Å². The van der Waals surface area contributed by atoms with Crippen LogP contribution in [0.25, 0.3) is 5.52 Å². The van der Waals surface area contributed by atoms with Gasteiger partial charge in [-0.1, -0.05) is 6.07 Å². The zero-order valence-electron chi connectivity index (χ0n) is 25.4. The van der Waals surface area contributed by atoms with Crippen LogP contribution in [0.15, 0.2) is 36.9 Å². The normalized spacial score (nSPS) is 21.2. The number of hydrogen-bond acceptors (Lipinski definition) is 10. The van der Waals surface area contributed by atoms with Crippen molar-refractivity contribution in [2.24, 2.45) is 0 Å². The average molecular weight is 661 g/mol. The van der Waals surface area contributed by atoms with Crippen LogP contribution in [0, 0.1) is 0 Å². The van der Waals surface area contributed by atoms with Gasteiger partial charge in [0.2, 0.25) is 27.8 Å². The van der Waals surface area contributed by atoms with Crippen molar-refractivity contribution in [3.8, 4) is 5.75 Å². The van der Waals surface area contributed by atoms with E-state index in [9.17, 15) is 26.8 Å². The first-order valence-corrected chi connectivity index (χ1v) is 17.3. The summed E-state index contributed by atoms with van der Waals surface area (Å²) in [4.78, 5) is 34.2. The quantitative estimate of drug-likeness (QED) is 0.294. The van der Waals surface area contributed by atoms with E-state index in [2.05, 4.69) is 41.4 Å². The fraction of sp³-hybridized carbons (Fsp3) is 0.567. The van der Waals surface area contributed by atoms with Crippen molar-refractivity contribution in [2.75, 3.05) is 43.8 Å². The molecular weight excluding hydrogens is 622 g/mol. The lowest BCUT2D eigenvalue weighted by molar-refractivity contribution is -0.134. The van der Waals surface area contributed by atoms with Gasteiger partial charge in [-0.05, 0) is 75.7 Å². The molecular formula is C30H38F2N8O5S. The lowest BCUT2D eigenvalue weighted by Gasteiger charge is -2.33. The van der Waals surface area contributed by atoms with Crippen LogP contribution in [0.3, 0.4) is 0 Å². The predicted octanol–water partition coefficient (Wildman–Crippen LogP) is 2.72. The molecule has 3 aromatic rings. The van der Waals surface area contributed by atoms with Gasteiger partial charge in [0.25, 0.3) is 0 Å². The molecule has 3 fully saturated rings. The van der Waals surface area contributed by atoms with Crippen molar-refractivity contribution in [3.63, 3.8) is 0 Å². The molecule has 0 aromatic carbocycles. The number of halogens is 2. The third-order valence-corrected chi connectivity index (χ3v) is 11.1. The summed E-state index contributed by atoms with van der Waals surface area (Å²) in [5.74, 6) is -0.238. The molecule has 0 bridgehead atoms. The summed E-state index contributed by atoms with van der Waals surface area (Å²) in [6.07, 6.45) is 10.6. The Kier molecular flexibility index (Phi) is 9.75. The van der Waals surface area contributed by atoms with E-state index in [-0.39, 0.29) is 41.2 Å². The number of ether oxygens (including phenoxy) is 1. The molecule has 0 aliphatic carbocycles. The summed E-state index contributed by atoms with van der Waals surface area (Å²) in [6, 6.07) is 4.10. The lowest BCUT2D eigenvalue weighted by Crippen LogP contribution is -2.44. The van der Waals surface area contributed by atoms with E-state index in [1.54, 1.807) is 10.5 Å². The Morgan fingerprint density at radius 2 is 1.74 bits per heavy atom. The molecule has 16 heteroatoms. The van der Waals surface area contributed by atoms with Gasteiger partial charge < -0.3 is 15.0 Å². The SMILES string of the molecule is O=C1CCC(c2cnn3cc(C4CCN(CCCS(=O)(=O)N5CCC(Nc6ncc(OC(F)F)cn6)CC5)CC4)ccc23)C(=O)N1. The topological polar surface area (TPSA) is 151 Å². The summed E-state index contributed by atoms with van der Waals surface area (Å²) in [6.45, 7) is 0.346. The van der Waals surface area contributed by atoms with E-state index in [1.807, 2.05) is 16.8 Å². The molecule has 3 aromatic heterocycles. The van der Waals surface area contributed by atoms with Crippen LogP contribution in [-0.2, 0) is 19.6 Å². The number of amides is 2. The van der Waals surface area contributed by atoms with E-state index >= 15 is 0 Å². The molecule has 0 spiro atoms. The summed E-state index contributed by atoms with van der Waals surface area (Å²) >= 11 is 0. The van der Waals surface area contributed by atoms with Crippen LogP contribution in [0.2, 0.25) is 0 Å². The Morgan fingerprint density at radius 3 is 2.43 bits per heavy atom. The molecule has 13 nitrogen and oxygen atoms in total. The van der Waals surface area contributed by atoms with Gasteiger partial charge >= 0.3 is 6.61 Å². The van der Waals surface area contributed by atoms with E-state index in [4.69, 9.17) is 0 Å². The largest absolute Gasteiger partial charge is 0.432 e. The number of fused-ring (bicyclic) bond motifs is 1. The van der Waals surface area contributed by atoms with Gasteiger partial charge in [-0.25, -0.2) is 27.2 Å². The summed E-state index contributed by atoms with van der Waals surface area (Å²) in [7, 11) is -3.38. The van der Waals surface area contributed by atoms with Crippen LogP contribution < -0.4 is 15.4 Å². The van der Waals surface area contributed by atoms with Gasteiger partial charge in [0.1, 0.15) is 0 Å². The number of nitrogens with zero attached hydrogens (tertiary/aromatic N) is 6. The molecule has 46 heavy (non-hydrogen) atoms. The fourth-order valence-electron chi connectivity index (χ4n) is 6.63. The number of pyridine rings is 1. The van der Waals surface area contributed by atoms with Gasteiger partial charge in [-0.2, -0.15) is 13.9 Å². The maximum Gasteiger partial charge on any atom is 0.387 e. The molecule has 1 unspecified atom stereocenters. The lowest BCUT2D eigenvalue weighted by atomic mass is 9.89. The highest BCUT2D eigenvalue weighted by molar-refractivity contribution is 7.89. The standard InChI is InChI=1S/C30H38F2N8O5S/c31-29(32)45-23-16-33-30(34-17-23)36-22-8-13-39(14-9-22)46(43,44)15-1-10-38-11-6-20(7-12-38)21-2-4-26-25(18-35-40(26)19-21)24-3-5-27(41)37-28(24)42/h2,4,16-20,22,24,29H,1,3,5-15H2,(H,33,34,36)(H,37,41,42). The molecule has 1 atom stereocenters. The van der Waals surface area contributed by atoms with Gasteiger partial charge in [-0.15, -0.1) is 0 Å². The predicted molar refractivity (Wildman–Crippen MR) is 164 cm³/mol. The smallest absolute Gasteiger partial charge is 0.387 e. The van der Waals surface area contributed by atoms with Crippen LogP contribution in [-0.4, -0.2) is 100 Å². The van der Waals surface area contributed by atoms with Crippen LogP contribution >= 0.6 is 0 Å². The second kappa shape index (κ2) is 13.9. The maximum atomic E-state index is 13.0. The number of anilines is 1. The number of nitrogens with one attached hydrogen (secondary N) is 2. The van der Waals surface area contributed by atoms with Crippen molar-refractivity contribution in [1.82, 2.24) is 34.1 Å². The first-order valence-electron chi connectivity index (χ1n) is 15.7. The Labute approximate surface area is 265 Å². The minimum absolute atomic E-state index is 0.0176. The number of hydrogen-bond donors (Lipinski definition) is 2. The highest BCUT2D eigenvalue weighted by Gasteiger charge is 2.31. The minimum atomic E-state index is -3.38. The average Bonchev–Trinajstić information content (AvgIpc) is 3.45. The van der Waals surface area contributed by atoms with Crippen molar-refractivity contribution >= 4 is 33.3 Å². The minimum Gasteiger partial charge on any atom is -0.432 e. The molecule has 3 saturated heterocycles. The van der Waals surface area contributed by atoms with Crippen molar-refractivity contribution in [2.45, 2.75) is 69.4 Å². The Bertz CT molecular complexity index is 1640. The van der Waals surface area contributed by atoms with E-state index in [1.165, 1.54) is 18.0 Å². The number of carbonyl (C=O) groups excluding carboxylic acids is 2. The molecule has 3 aliphatic rings. The van der Waals surface area contributed by atoms with E-state index < -0.39 is 16.6 Å². The molecule has 6 rings (SSSR count). The van der Waals surface area contributed by atoms with Gasteiger partial charge in [-0.3, -0.25) is 14.9 Å². The highest BCUT2D eigenvalue weighted by atomic mass is 32.2. The number of piperidine rings is 3. The van der Waals surface area contributed by atoms with Gasteiger partial charge in [0.15, 0.2) is 5.75 Å². The number of rotatable bonds is 11. The van der Waals surface area contributed by atoms with Crippen molar-refractivity contribution in [1.29, 1.82) is 0 Å². The number of carbonyl (C=O) groups is 2. The third-order valence-electron chi connectivity index (χ3n) is 9.15. The molecule has 248 valence electrons. The number of imide groups is 1. The van der Waals surface area contributed by atoms with Crippen molar-refractivity contribution < 1.29 is 31.5 Å². The molecule has 2 amide bonds. The van der Waals surface area contributed by atoms with E-state index in [0.29, 0.717) is 51.1 Å². The molecule has 0 radical (unpaired) electrons. The molecule has 0 saturated carbocycles. The Hall–Kier alpha value is -3.76. The first-order chi connectivity index (χ1) is 22.1. The number of likely N-dealkylation sites (tertiary alicyclic amines) is 1. The Balaban J connectivity index is 0.921. The second-order valence-electron chi connectivity index (χ2n) is 12.1. The summed E-state index contributed by atoms with van der Waals surface area (Å²) in [5, 5.41) is 10.1. The fourth-order valence-corrected chi connectivity index (χ4v) is 8.14.